The summed E-state index contributed by atoms with van der Waals surface area (Å²) < 4.78 is 5.62. The Morgan fingerprint density at radius 2 is 1.84 bits per heavy atom. The molecule has 2 fully saturated rings. The Kier molecular flexibility index (Phi) is 5.28. The van der Waals surface area contributed by atoms with Crippen molar-refractivity contribution in [1.29, 1.82) is 0 Å². The van der Waals surface area contributed by atoms with E-state index in [9.17, 15) is 4.79 Å². The van der Waals surface area contributed by atoms with Gasteiger partial charge in [0.05, 0.1) is 5.41 Å². The highest BCUT2D eigenvalue weighted by Crippen LogP contribution is 2.63. The van der Waals surface area contributed by atoms with E-state index in [1.807, 2.05) is 0 Å². The second-order valence-electron chi connectivity index (χ2n) is 11.0. The minimum absolute atomic E-state index is 0.0564. The fourth-order valence-corrected chi connectivity index (χ4v) is 7.70. The SMILES string of the molecule is CC(=O)O[C@H]1CC[C@]2(C)[C@H](CC[C@@H]3C4=C(CC[C@@H]32)[C@](C)(C#Cc2ccccc2)CC4)C1. The summed E-state index contributed by atoms with van der Waals surface area (Å²) in [5.41, 5.74) is 5.06. The van der Waals surface area contributed by atoms with E-state index in [0.717, 1.165) is 30.2 Å². The minimum atomic E-state index is -0.114. The maximum atomic E-state index is 11.5. The average molecular weight is 417 g/mol. The molecule has 0 spiro atoms. The molecule has 1 aromatic carbocycles. The topological polar surface area (TPSA) is 26.3 Å². The zero-order valence-corrected chi connectivity index (χ0v) is 19.4. The number of carbonyl (C=O) groups is 1. The van der Waals surface area contributed by atoms with E-state index in [1.54, 1.807) is 18.1 Å². The van der Waals surface area contributed by atoms with Gasteiger partial charge in [-0.1, -0.05) is 48.1 Å². The van der Waals surface area contributed by atoms with Gasteiger partial charge in [-0.2, -0.15) is 0 Å². The van der Waals surface area contributed by atoms with Crippen LogP contribution in [0, 0.1) is 40.4 Å². The summed E-state index contributed by atoms with van der Waals surface area (Å²) in [7, 11) is 0. The van der Waals surface area contributed by atoms with Crippen LogP contribution < -0.4 is 0 Å². The number of fused-ring (bicyclic) bond motifs is 4. The predicted molar refractivity (Wildman–Crippen MR) is 124 cm³/mol. The number of allylic oxidation sites excluding steroid dienone is 2. The van der Waals surface area contributed by atoms with Gasteiger partial charge in [-0.3, -0.25) is 4.79 Å². The Bertz CT molecular complexity index is 948. The Labute approximate surface area is 187 Å². The maximum Gasteiger partial charge on any atom is 0.302 e. The van der Waals surface area contributed by atoms with Gasteiger partial charge in [0.15, 0.2) is 0 Å². The zero-order valence-electron chi connectivity index (χ0n) is 19.4. The molecular formula is C29H36O2. The predicted octanol–water partition coefficient (Wildman–Crippen LogP) is 6.69. The molecule has 0 aromatic heterocycles. The van der Waals surface area contributed by atoms with Crippen molar-refractivity contribution in [1.82, 2.24) is 0 Å². The van der Waals surface area contributed by atoms with Crippen molar-refractivity contribution in [2.45, 2.75) is 84.7 Å². The quantitative estimate of drug-likeness (QED) is 0.289. The molecule has 2 saturated carbocycles. The van der Waals surface area contributed by atoms with E-state index in [4.69, 9.17) is 4.74 Å². The number of rotatable bonds is 1. The van der Waals surface area contributed by atoms with Gasteiger partial charge >= 0.3 is 5.97 Å². The van der Waals surface area contributed by atoms with Gasteiger partial charge < -0.3 is 4.74 Å². The normalized spacial score (nSPS) is 38.9. The van der Waals surface area contributed by atoms with E-state index in [-0.39, 0.29) is 17.5 Å². The van der Waals surface area contributed by atoms with Crippen LogP contribution >= 0.6 is 0 Å². The van der Waals surface area contributed by atoms with Crippen molar-refractivity contribution in [3.05, 3.63) is 47.0 Å². The summed E-state index contributed by atoms with van der Waals surface area (Å²) in [6.45, 7) is 6.51. The van der Waals surface area contributed by atoms with Crippen LogP contribution in [0.1, 0.15) is 84.1 Å². The van der Waals surface area contributed by atoms with Gasteiger partial charge in [0.2, 0.25) is 0 Å². The molecule has 0 bridgehead atoms. The molecule has 0 heterocycles. The Hall–Kier alpha value is -2.01. The van der Waals surface area contributed by atoms with Crippen LogP contribution in [0.4, 0.5) is 0 Å². The van der Waals surface area contributed by atoms with Gasteiger partial charge in [-0.15, -0.1) is 0 Å². The van der Waals surface area contributed by atoms with Gasteiger partial charge in [0.1, 0.15) is 6.10 Å². The van der Waals surface area contributed by atoms with Gasteiger partial charge in [0.25, 0.3) is 0 Å². The van der Waals surface area contributed by atoms with E-state index >= 15 is 0 Å². The first-order valence-corrected chi connectivity index (χ1v) is 12.4. The van der Waals surface area contributed by atoms with Crippen molar-refractivity contribution in [2.24, 2.45) is 28.6 Å². The number of carbonyl (C=O) groups excluding carboxylic acids is 1. The lowest BCUT2D eigenvalue weighted by atomic mass is 9.49. The Balaban J connectivity index is 1.37. The fourth-order valence-electron chi connectivity index (χ4n) is 7.70. The number of hydrogen-bond acceptors (Lipinski definition) is 2. The summed E-state index contributed by atoms with van der Waals surface area (Å²) in [5.74, 6) is 9.33. The van der Waals surface area contributed by atoms with Crippen LogP contribution in [-0.4, -0.2) is 12.1 Å². The molecule has 0 aliphatic heterocycles. The van der Waals surface area contributed by atoms with Crippen LogP contribution in [0.25, 0.3) is 0 Å². The molecule has 4 aliphatic carbocycles. The average Bonchev–Trinajstić information content (AvgIpc) is 3.10. The van der Waals surface area contributed by atoms with Gasteiger partial charge in [-0.25, -0.2) is 0 Å². The smallest absolute Gasteiger partial charge is 0.302 e. The van der Waals surface area contributed by atoms with Crippen LogP contribution in [0.2, 0.25) is 0 Å². The van der Waals surface area contributed by atoms with Crippen LogP contribution in [-0.2, 0) is 9.53 Å². The molecule has 0 amide bonds. The standard InChI is InChI=1S/C29H36O2/c1-20(30)31-23-14-18-29(3)22(19-23)9-10-24-25-15-17-28(2,26(25)11-12-27(24)29)16-13-21-7-5-4-6-8-21/h4-8,22-24,27H,9-12,14-15,17-19H2,1-3H3/t22-,23+,24-,27+,28-,29-/m1/s1. The van der Waals surface area contributed by atoms with E-state index in [0.29, 0.717) is 11.3 Å². The lowest BCUT2D eigenvalue weighted by Gasteiger charge is -2.57. The molecule has 0 N–H and O–H groups in total. The number of benzene rings is 1. The number of hydrogen-bond donors (Lipinski definition) is 0. The summed E-state index contributed by atoms with van der Waals surface area (Å²) in [5, 5.41) is 0. The summed E-state index contributed by atoms with van der Waals surface area (Å²) >= 11 is 0. The third-order valence-corrected chi connectivity index (χ3v) is 9.33. The molecule has 0 saturated heterocycles. The third-order valence-electron chi connectivity index (χ3n) is 9.33. The molecule has 2 nitrogen and oxygen atoms in total. The largest absolute Gasteiger partial charge is 0.463 e. The van der Waals surface area contributed by atoms with E-state index in [1.165, 1.54) is 44.9 Å². The van der Waals surface area contributed by atoms with Crippen LogP contribution in [0.3, 0.4) is 0 Å². The van der Waals surface area contributed by atoms with Crippen LogP contribution in [0.5, 0.6) is 0 Å². The van der Waals surface area contributed by atoms with Gasteiger partial charge in [-0.05, 0) is 100 Å². The van der Waals surface area contributed by atoms with E-state index in [2.05, 4.69) is 56.0 Å². The molecule has 0 unspecified atom stereocenters. The van der Waals surface area contributed by atoms with E-state index < -0.39 is 0 Å². The first-order chi connectivity index (χ1) is 14.9. The van der Waals surface area contributed by atoms with Crippen molar-refractivity contribution in [3.63, 3.8) is 0 Å². The first-order valence-electron chi connectivity index (χ1n) is 12.4. The first kappa shape index (κ1) is 20.9. The lowest BCUT2D eigenvalue weighted by Crippen LogP contribution is -2.49. The molecule has 4 aliphatic rings. The van der Waals surface area contributed by atoms with Crippen molar-refractivity contribution < 1.29 is 9.53 Å². The highest BCUT2D eigenvalue weighted by atomic mass is 16.5. The second kappa shape index (κ2) is 7.84. The molecule has 31 heavy (non-hydrogen) atoms. The van der Waals surface area contributed by atoms with Crippen molar-refractivity contribution in [3.8, 4) is 11.8 Å². The lowest BCUT2D eigenvalue weighted by molar-refractivity contribution is -0.154. The van der Waals surface area contributed by atoms with Crippen LogP contribution in [0.15, 0.2) is 41.5 Å². The summed E-state index contributed by atoms with van der Waals surface area (Å²) in [4.78, 5) is 11.5. The fraction of sp³-hybridized carbons (Fsp3) is 0.621. The molecule has 5 rings (SSSR count). The highest BCUT2D eigenvalue weighted by Gasteiger charge is 2.54. The Morgan fingerprint density at radius 1 is 1.03 bits per heavy atom. The number of esters is 1. The molecule has 164 valence electrons. The van der Waals surface area contributed by atoms with Gasteiger partial charge in [0, 0.05) is 12.5 Å². The maximum absolute atomic E-state index is 11.5. The second-order valence-corrected chi connectivity index (χ2v) is 11.0. The summed E-state index contributed by atoms with van der Waals surface area (Å²) in [6.07, 6.45) is 11.1. The zero-order chi connectivity index (χ0) is 21.6. The highest BCUT2D eigenvalue weighted by molar-refractivity contribution is 5.66. The van der Waals surface area contributed by atoms with Crippen molar-refractivity contribution in [2.75, 3.05) is 0 Å². The summed E-state index contributed by atoms with van der Waals surface area (Å²) in [6, 6.07) is 10.4. The molecule has 1 aromatic rings. The molecule has 0 radical (unpaired) electrons. The third kappa shape index (κ3) is 3.65. The molecular weight excluding hydrogens is 380 g/mol. The minimum Gasteiger partial charge on any atom is -0.463 e. The van der Waals surface area contributed by atoms with Crippen molar-refractivity contribution >= 4 is 5.97 Å². The number of ether oxygens (including phenoxy) is 1. The molecule has 2 heteroatoms. The molecule has 6 atom stereocenters. The Morgan fingerprint density at radius 3 is 2.61 bits per heavy atom. The monoisotopic (exact) mass is 416 g/mol.